The van der Waals surface area contributed by atoms with Gasteiger partial charge in [0.2, 0.25) is 11.8 Å². The van der Waals surface area contributed by atoms with E-state index in [1.165, 1.54) is 52.9 Å². The highest BCUT2D eigenvalue weighted by Gasteiger charge is 2.51. The predicted molar refractivity (Wildman–Crippen MR) is 302 cm³/mol. The lowest BCUT2D eigenvalue weighted by Gasteiger charge is -2.24. The summed E-state index contributed by atoms with van der Waals surface area (Å²) in [7, 11) is 6.20. The fourth-order valence-corrected chi connectivity index (χ4v) is 7.83. The Balaban J connectivity index is 0.000000209. The Kier molecular flexibility index (Phi) is 20.9. The SMILES string of the molecule is CC(C)(CC(F)(F)F)c1cc(CC(=O)Oc2ccccc2)no1.COc1cc2ncnc(Oc3cccc(CC(=O)Cc4cc(C(C)(C)C(F)(F)F)on4)c3)c2cc1OC.COc1cc2ncnc(Oc3cccc(N)c3)c2cc1OC.I. The third kappa shape index (κ3) is 16.9. The number of halogens is 7. The molecule has 0 saturated heterocycles. The molecule has 18 nitrogen and oxygen atoms in total. The summed E-state index contributed by atoms with van der Waals surface area (Å²) < 4.78 is 125. The first-order valence-electron chi connectivity index (χ1n) is 24.7. The molecule has 0 fully saturated rings. The minimum Gasteiger partial charge on any atom is -0.493 e. The minimum absolute atomic E-state index is 0. The number of alkyl halides is 6. The molecule has 0 aliphatic rings. The average molecular weight is 1270 g/mol. The molecule has 0 aliphatic carbocycles. The van der Waals surface area contributed by atoms with E-state index in [2.05, 4.69) is 30.2 Å². The van der Waals surface area contributed by atoms with Crippen LogP contribution in [0.25, 0.3) is 21.8 Å². The zero-order chi connectivity index (χ0) is 59.4. The van der Waals surface area contributed by atoms with Crippen LogP contribution in [-0.4, -0.2) is 82.8 Å². The molecule has 438 valence electrons. The van der Waals surface area contributed by atoms with Crippen molar-refractivity contribution in [3.8, 4) is 52.0 Å². The van der Waals surface area contributed by atoms with Crippen LogP contribution in [0.5, 0.6) is 52.0 Å². The number of fused-ring (bicyclic) bond motifs is 2. The molecular weight excluding hydrogens is 1210 g/mol. The van der Waals surface area contributed by atoms with Crippen molar-refractivity contribution in [2.75, 3.05) is 34.2 Å². The van der Waals surface area contributed by atoms with Gasteiger partial charge in [0.1, 0.15) is 46.9 Å². The van der Waals surface area contributed by atoms with Gasteiger partial charge in [0.25, 0.3) is 0 Å². The van der Waals surface area contributed by atoms with E-state index >= 15 is 0 Å². The van der Waals surface area contributed by atoms with Gasteiger partial charge in [0, 0.05) is 47.9 Å². The van der Waals surface area contributed by atoms with Crippen LogP contribution in [0.15, 0.2) is 137 Å². The first-order chi connectivity index (χ1) is 38.9. The number of para-hydroxylation sites is 1. The number of nitrogens with two attached hydrogens (primary N) is 1. The number of carbonyl (C=O) groups is 2. The van der Waals surface area contributed by atoms with Gasteiger partial charge in [-0.05, 0) is 67.9 Å². The number of hydrogen-bond acceptors (Lipinski definition) is 18. The number of ketones is 1. The van der Waals surface area contributed by atoms with Gasteiger partial charge in [-0.2, -0.15) is 26.3 Å². The molecule has 4 heterocycles. The average Bonchev–Trinajstić information content (AvgIpc) is 4.27. The molecule has 5 aromatic carbocycles. The number of benzene rings is 5. The van der Waals surface area contributed by atoms with Gasteiger partial charge < -0.3 is 47.9 Å². The van der Waals surface area contributed by atoms with Crippen molar-refractivity contribution in [1.82, 2.24) is 30.2 Å². The van der Waals surface area contributed by atoms with E-state index in [1.807, 2.05) is 12.1 Å². The molecule has 4 aromatic heterocycles. The van der Waals surface area contributed by atoms with Crippen LogP contribution in [0.3, 0.4) is 0 Å². The lowest BCUT2D eigenvalue weighted by atomic mass is 9.86. The summed E-state index contributed by atoms with van der Waals surface area (Å²) in [6.45, 7) is 4.82. The fourth-order valence-electron chi connectivity index (χ4n) is 7.83. The second kappa shape index (κ2) is 27.3. The van der Waals surface area contributed by atoms with Gasteiger partial charge in [0.05, 0.1) is 80.9 Å². The molecule has 0 saturated carbocycles. The highest BCUT2D eigenvalue weighted by molar-refractivity contribution is 14.0. The largest absolute Gasteiger partial charge is 0.493 e. The van der Waals surface area contributed by atoms with Gasteiger partial charge >= 0.3 is 18.3 Å². The van der Waals surface area contributed by atoms with Crippen molar-refractivity contribution >= 4 is 63.2 Å². The summed E-state index contributed by atoms with van der Waals surface area (Å²) >= 11 is 0. The first kappa shape index (κ1) is 63.4. The standard InChI is InChI=1S/C26H24F3N3O5.C16H16F3NO3.C16H15N3O3.HI/c1-25(2,26(27,28)29)23-11-16(32-37-23)10-17(33)8-15-6-5-7-18(9-15)36-24-19-12-21(34-3)22(35-4)13-20(19)30-14-31-24;1-15(2,10-16(17,18)19)13-8-11(20-23-13)9-14(21)22-12-6-4-3-5-7-12;1-20-14-7-12-13(8-15(14)21-2)18-9-19-16(12)22-11-5-3-4-10(17)6-11;/h5-7,9,11-14H,8,10H2,1-4H3;3-8H,9-10H2,1-2H3;3-9H,17H2,1-2H3;1H. The second-order valence-electron chi connectivity index (χ2n) is 19.3. The van der Waals surface area contributed by atoms with Crippen LogP contribution in [0.4, 0.5) is 32.0 Å². The molecule has 83 heavy (non-hydrogen) atoms. The van der Waals surface area contributed by atoms with E-state index in [0.717, 1.165) is 19.2 Å². The van der Waals surface area contributed by atoms with E-state index in [4.69, 9.17) is 47.9 Å². The molecule has 0 unspecified atom stereocenters. The Morgan fingerprint density at radius 1 is 0.542 bits per heavy atom. The lowest BCUT2D eigenvalue weighted by Crippen LogP contribution is -2.35. The van der Waals surface area contributed by atoms with Crippen LogP contribution in [-0.2, 0) is 39.7 Å². The minimum atomic E-state index is -4.51. The fraction of sp³-hybridized carbons (Fsp3) is 0.276. The highest BCUT2D eigenvalue weighted by atomic mass is 127. The number of carbonyl (C=O) groups excluding carboxylic acids is 2. The third-order valence-electron chi connectivity index (χ3n) is 12.2. The van der Waals surface area contributed by atoms with Crippen molar-refractivity contribution in [1.29, 1.82) is 0 Å². The maximum atomic E-state index is 13.2. The number of nitrogens with zero attached hydrogens (tertiary/aromatic N) is 6. The molecule has 2 N–H and O–H groups in total. The molecule has 0 radical (unpaired) electrons. The normalized spacial score (nSPS) is 11.5. The zero-order valence-electron chi connectivity index (χ0n) is 45.9. The van der Waals surface area contributed by atoms with Crippen LogP contribution in [0.2, 0.25) is 0 Å². The highest BCUT2D eigenvalue weighted by Crippen LogP contribution is 2.42. The third-order valence-corrected chi connectivity index (χ3v) is 12.2. The van der Waals surface area contributed by atoms with Crippen LogP contribution >= 0.6 is 24.0 Å². The van der Waals surface area contributed by atoms with E-state index < -0.39 is 35.6 Å². The Morgan fingerprint density at radius 3 is 1.54 bits per heavy atom. The molecule has 9 aromatic rings. The van der Waals surface area contributed by atoms with Crippen molar-refractivity contribution in [3.05, 3.63) is 156 Å². The number of esters is 1. The Hall–Kier alpha value is -8.75. The topological polar surface area (TPSA) is 228 Å². The Labute approximate surface area is 488 Å². The maximum absolute atomic E-state index is 13.2. The number of hydrogen-bond donors (Lipinski definition) is 1. The van der Waals surface area contributed by atoms with E-state index in [9.17, 15) is 35.9 Å². The molecule has 0 spiro atoms. The van der Waals surface area contributed by atoms with Gasteiger partial charge in [-0.3, -0.25) is 9.59 Å². The van der Waals surface area contributed by atoms with Crippen molar-refractivity contribution < 1.29 is 78.1 Å². The van der Waals surface area contributed by atoms with Crippen LogP contribution in [0.1, 0.15) is 62.6 Å². The summed E-state index contributed by atoms with van der Waals surface area (Å²) in [6, 6.07) is 32.0. The number of nitrogen functional groups attached to an aromatic ring is 1. The molecule has 25 heteroatoms. The summed E-state index contributed by atoms with van der Waals surface area (Å²) in [5.74, 6) is 3.27. The molecule has 9 rings (SSSR count). The van der Waals surface area contributed by atoms with Gasteiger partial charge in [0.15, 0.2) is 28.8 Å². The van der Waals surface area contributed by atoms with Gasteiger partial charge in [-0.1, -0.05) is 60.6 Å². The molecule has 0 atom stereocenters. The Morgan fingerprint density at radius 2 is 1.02 bits per heavy atom. The molecule has 0 bridgehead atoms. The molecular formula is C58H56F6IN7O11. The quantitative estimate of drug-likeness (QED) is 0.0277. The first-order valence-corrected chi connectivity index (χ1v) is 24.7. The number of aromatic nitrogens is 6. The van der Waals surface area contributed by atoms with Crippen molar-refractivity contribution in [2.24, 2.45) is 0 Å². The van der Waals surface area contributed by atoms with Crippen LogP contribution < -0.4 is 38.9 Å². The van der Waals surface area contributed by atoms with E-state index in [0.29, 0.717) is 73.8 Å². The molecule has 0 aliphatic heterocycles. The van der Waals surface area contributed by atoms with Gasteiger partial charge in [-0.15, -0.1) is 24.0 Å². The summed E-state index contributed by atoms with van der Waals surface area (Å²) in [5, 5.41) is 8.63. The summed E-state index contributed by atoms with van der Waals surface area (Å²) in [4.78, 5) is 41.3. The number of methoxy groups -OCH3 is 4. The van der Waals surface area contributed by atoms with Crippen LogP contribution in [0, 0.1) is 0 Å². The van der Waals surface area contributed by atoms with Crippen molar-refractivity contribution in [3.63, 3.8) is 0 Å². The number of Topliss-reactive ketones (excluding diaryl/α,β-unsaturated/α-hetero) is 1. The second-order valence-corrected chi connectivity index (χ2v) is 19.3. The lowest BCUT2D eigenvalue weighted by molar-refractivity contribution is -0.185. The maximum Gasteiger partial charge on any atom is 0.401 e. The predicted octanol–water partition coefficient (Wildman–Crippen LogP) is 13.3. The summed E-state index contributed by atoms with van der Waals surface area (Å²) in [6.07, 6.45) is -7.38. The zero-order valence-corrected chi connectivity index (χ0v) is 48.2. The summed E-state index contributed by atoms with van der Waals surface area (Å²) in [5.41, 5.74) is 5.23. The van der Waals surface area contributed by atoms with Crippen molar-refractivity contribution in [2.45, 2.75) is 76.6 Å². The number of anilines is 1. The van der Waals surface area contributed by atoms with E-state index in [1.54, 1.807) is 105 Å². The number of ether oxygens (including phenoxy) is 7. The smallest absolute Gasteiger partial charge is 0.401 e. The molecule has 0 amide bonds. The Bertz CT molecular complexity index is 3650. The van der Waals surface area contributed by atoms with Gasteiger partial charge in [-0.25, -0.2) is 19.9 Å². The number of rotatable bonds is 18. The monoisotopic (exact) mass is 1270 g/mol. The van der Waals surface area contributed by atoms with E-state index in [-0.39, 0.29) is 77.8 Å².